The van der Waals surface area contributed by atoms with E-state index < -0.39 is 0 Å². The van der Waals surface area contributed by atoms with Gasteiger partial charge >= 0.3 is 0 Å². The van der Waals surface area contributed by atoms with E-state index in [4.69, 9.17) is 0 Å². The number of nitrogens with zero attached hydrogens (tertiary/aromatic N) is 4. The van der Waals surface area contributed by atoms with Crippen molar-refractivity contribution in [3.63, 3.8) is 0 Å². The van der Waals surface area contributed by atoms with Crippen LogP contribution in [-0.4, -0.2) is 47.0 Å². The third-order valence-electron chi connectivity index (χ3n) is 4.23. The van der Waals surface area contributed by atoms with E-state index in [0.29, 0.717) is 0 Å². The molecule has 40 heavy (non-hydrogen) atoms. The summed E-state index contributed by atoms with van der Waals surface area (Å²) in [7, 11) is 0. The quantitative estimate of drug-likeness (QED) is 0.341. The van der Waals surface area contributed by atoms with Gasteiger partial charge in [0, 0.05) is 18.9 Å². The van der Waals surface area contributed by atoms with Gasteiger partial charge < -0.3 is 0 Å². The fraction of sp³-hybridized carbons (Fsp3) is 0.556. The van der Waals surface area contributed by atoms with Crippen molar-refractivity contribution >= 4 is 24.9 Å². The van der Waals surface area contributed by atoms with E-state index in [1.54, 1.807) is 0 Å². The molecule has 224 valence electrons. The molecule has 0 radical (unpaired) electrons. The van der Waals surface area contributed by atoms with E-state index in [2.05, 4.69) is 146 Å². The third kappa shape index (κ3) is 33.1. The van der Waals surface area contributed by atoms with Gasteiger partial charge in [-0.25, -0.2) is 0 Å². The van der Waals surface area contributed by atoms with E-state index >= 15 is 0 Å². The van der Waals surface area contributed by atoms with Gasteiger partial charge in [0.25, 0.3) is 0 Å². The summed E-state index contributed by atoms with van der Waals surface area (Å²) in [6, 6.07) is 20.5. The van der Waals surface area contributed by atoms with Gasteiger partial charge in [-0.1, -0.05) is 67.6 Å². The maximum atomic E-state index is 4.43. The molecule has 0 bridgehead atoms. The largest absolute Gasteiger partial charge is 0.292 e. The summed E-state index contributed by atoms with van der Waals surface area (Å²) < 4.78 is 0. The molecule has 0 spiro atoms. The van der Waals surface area contributed by atoms with Gasteiger partial charge in [-0.3, -0.25) is 20.0 Å². The van der Waals surface area contributed by atoms with E-state index in [1.165, 1.54) is 5.56 Å². The highest BCUT2D eigenvalue weighted by Crippen LogP contribution is 2.07. The van der Waals surface area contributed by atoms with Crippen LogP contribution in [0.25, 0.3) is 0 Å². The zero-order valence-corrected chi connectivity index (χ0v) is 28.3. The minimum atomic E-state index is 0.0237. The average molecular weight is 549 g/mol. The monoisotopic (exact) mass is 548 g/mol. The first kappa shape index (κ1) is 39.3. The molecule has 2 rings (SSSR count). The lowest BCUT2D eigenvalue weighted by Gasteiger charge is -2.10. The average Bonchev–Trinajstić information content (AvgIpc) is 2.82. The van der Waals surface area contributed by atoms with E-state index in [0.717, 1.165) is 18.4 Å². The Morgan fingerprint density at radius 1 is 0.525 bits per heavy atom. The first-order valence-corrected chi connectivity index (χ1v) is 14.5. The standard InChI is InChI=1S/C12H17N.C11H15N.C7H15N.C6H13N/c1-12(2,3)13-10-9-11-7-5-4-6-8-11;1-11(2,3)12-9-10-7-5-4-6-8-10;1-5-6-8-7(2,3)4;1-5-7-6(2,3)4/h4-8,10H,9H2,1-3H3;4-9H,1-3H3;6H,5H2,1-4H3;5H,1-4H3. The zero-order chi connectivity index (χ0) is 31.3. The summed E-state index contributed by atoms with van der Waals surface area (Å²) in [5.41, 5.74) is 2.79. The second-order valence-corrected chi connectivity index (χ2v) is 13.5. The predicted octanol–water partition coefficient (Wildman–Crippen LogP) is 10.1. The number of hydrogen-bond acceptors (Lipinski definition) is 4. The Labute approximate surface area is 248 Å². The molecular weight excluding hydrogens is 488 g/mol. The molecule has 0 aliphatic rings. The molecule has 2 aromatic rings. The molecule has 0 aliphatic carbocycles. The van der Waals surface area contributed by atoms with E-state index in [-0.39, 0.29) is 22.2 Å². The van der Waals surface area contributed by atoms with Gasteiger partial charge in [0.15, 0.2) is 0 Å². The maximum absolute atomic E-state index is 4.43. The van der Waals surface area contributed by atoms with Crippen LogP contribution in [0.4, 0.5) is 0 Å². The highest BCUT2D eigenvalue weighted by molar-refractivity contribution is 5.79. The second-order valence-electron chi connectivity index (χ2n) is 13.5. The molecule has 0 heterocycles. The summed E-state index contributed by atoms with van der Waals surface area (Å²) in [6.07, 6.45) is 9.67. The van der Waals surface area contributed by atoms with Gasteiger partial charge in [-0.2, -0.15) is 0 Å². The number of hydrogen-bond donors (Lipinski definition) is 0. The van der Waals surface area contributed by atoms with Crippen LogP contribution in [0.3, 0.4) is 0 Å². The lowest BCUT2D eigenvalue weighted by atomic mass is 10.1. The third-order valence-corrected chi connectivity index (χ3v) is 4.23. The predicted molar refractivity (Wildman–Crippen MR) is 185 cm³/mol. The van der Waals surface area contributed by atoms with Crippen molar-refractivity contribution in [2.75, 3.05) is 0 Å². The smallest absolute Gasteiger partial charge is 0.0524 e. The van der Waals surface area contributed by atoms with E-state index in [9.17, 15) is 0 Å². The maximum Gasteiger partial charge on any atom is 0.0524 e. The molecule has 0 atom stereocenters. The lowest BCUT2D eigenvalue weighted by Crippen LogP contribution is -2.09. The van der Waals surface area contributed by atoms with Gasteiger partial charge in [-0.05, 0) is 120 Å². The molecule has 0 aromatic heterocycles. The Balaban J connectivity index is 0. The molecule has 0 saturated heterocycles. The van der Waals surface area contributed by atoms with Crippen LogP contribution in [0.1, 0.15) is 114 Å². The Bertz CT molecular complexity index is 974. The lowest BCUT2D eigenvalue weighted by molar-refractivity contribution is 0.584. The van der Waals surface area contributed by atoms with Crippen molar-refractivity contribution in [1.29, 1.82) is 0 Å². The number of rotatable bonds is 4. The van der Waals surface area contributed by atoms with E-state index in [1.807, 2.05) is 56.0 Å². The minimum absolute atomic E-state index is 0.0237. The van der Waals surface area contributed by atoms with Crippen LogP contribution >= 0.6 is 0 Å². The van der Waals surface area contributed by atoms with Crippen molar-refractivity contribution in [3.05, 3.63) is 71.8 Å². The molecular formula is C36H60N4. The molecule has 0 amide bonds. The topological polar surface area (TPSA) is 49.4 Å². The number of aliphatic imine (C=N–C) groups is 4. The Hall–Kier alpha value is -2.88. The SMILES string of the molecule is CC(C)(C)N=CCc1ccccc1.CC(C)(C)N=Cc1ccccc1.CC=NC(C)(C)C.CCC=NC(C)(C)C. The van der Waals surface area contributed by atoms with Crippen molar-refractivity contribution in [1.82, 2.24) is 0 Å². The summed E-state index contributed by atoms with van der Waals surface area (Å²) in [6.45, 7) is 29.1. The number of benzene rings is 2. The summed E-state index contributed by atoms with van der Waals surface area (Å²) >= 11 is 0. The zero-order valence-electron chi connectivity index (χ0n) is 28.3. The molecule has 2 aromatic carbocycles. The Morgan fingerprint density at radius 3 is 1.25 bits per heavy atom. The molecule has 0 aliphatic heterocycles. The van der Waals surface area contributed by atoms with Crippen molar-refractivity contribution in [2.24, 2.45) is 20.0 Å². The molecule has 0 fully saturated rings. The van der Waals surface area contributed by atoms with Crippen molar-refractivity contribution in [3.8, 4) is 0 Å². The highest BCUT2D eigenvalue weighted by Gasteiger charge is 2.05. The van der Waals surface area contributed by atoms with Crippen LogP contribution in [0.5, 0.6) is 0 Å². The first-order chi connectivity index (χ1) is 18.3. The van der Waals surface area contributed by atoms with Crippen LogP contribution in [0, 0.1) is 0 Å². The van der Waals surface area contributed by atoms with Crippen molar-refractivity contribution in [2.45, 2.75) is 132 Å². The minimum Gasteiger partial charge on any atom is -0.292 e. The normalized spacial score (nSPS) is 12.6. The second kappa shape index (κ2) is 20.1. The summed E-state index contributed by atoms with van der Waals surface area (Å²) in [5, 5.41) is 0. The first-order valence-electron chi connectivity index (χ1n) is 14.5. The molecule has 4 heteroatoms. The van der Waals surface area contributed by atoms with Crippen LogP contribution in [0.2, 0.25) is 0 Å². The Morgan fingerprint density at radius 2 is 0.925 bits per heavy atom. The summed E-state index contributed by atoms with van der Waals surface area (Å²) in [5.74, 6) is 0. The van der Waals surface area contributed by atoms with Gasteiger partial charge in [0.2, 0.25) is 0 Å². The molecule has 0 saturated carbocycles. The molecule has 0 unspecified atom stereocenters. The molecule has 0 N–H and O–H groups in total. The van der Waals surface area contributed by atoms with Gasteiger partial charge in [0.1, 0.15) is 0 Å². The van der Waals surface area contributed by atoms with Gasteiger partial charge in [-0.15, -0.1) is 0 Å². The van der Waals surface area contributed by atoms with Crippen LogP contribution in [-0.2, 0) is 6.42 Å². The fourth-order valence-corrected chi connectivity index (χ4v) is 2.60. The fourth-order valence-electron chi connectivity index (χ4n) is 2.60. The summed E-state index contributed by atoms with van der Waals surface area (Å²) in [4.78, 5) is 17.2. The van der Waals surface area contributed by atoms with Gasteiger partial charge in [0.05, 0.1) is 22.2 Å². The Kier molecular flexibility index (Phi) is 19.7. The molecule has 4 nitrogen and oxygen atoms in total. The van der Waals surface area contributed by atoms with Crippen molar-refractivity contribution < 1.29 is 0 Å². The highest BCUT2D eigenvalue weighted by atomic mass is 14.8. The van der Waals surface area contributed by atoms with Crippen LogP contribution < -0.4 is 0 Å². The van der Waals surface area contributed by atoms with Crippen LogP contribution in [0.15, 0.2) is 80.6 Å².